The number of nitrogens with one attached hydrogen (secondary N) is 2. The van der Waals surface area contributed by atoms with E-state index in [0.29, 0.717) is 11.7 Å². The van der Waals surface area contributed by atoms with Crippen LogP contribution >= 0.6 is 0 Å². The van der Waals surface area contributed by atoms with Crippen LogP contribution in [0.1, 0.15) is 54.7 Å². The molecule has 0 spiro atoms. The fourth-order valence-electron chi connectivity index (χ4n) is 3.11. The Morgan fingerprint density at radius 2 is 2.31 bits per heavy atom. The van der Waals surface area contributed by atoms with Crippen molar-refractivity contribution in [2.75, 3.05) is 25.0 Å². The van der Waals surface area contributed by atoms with E-state index in [9.17, 15) is 4.79 Å². The van der Waals surface area contributed by atoms with Gasteiger partial charge in [0.15, 0.2) is 5.69 Å². The molecule has 1 aromatic heterocycles. The summed E-state index contributed by atoms with van der Waals surface area (Å²) in [6.45, 7) is 6.78. The number of hydrogen-bond donors (Lipinski definition) is 2. The maximum Gasteiger partial charge on any atom is 0.276 e. The molecule has 2 heterocycles. The maximum atomic E-state index is 12.5. The van der Waals surface area contributed by atoms with E-state index in [0.717, 1.165) is 62.4 Å². The van der Waals surface area contributed by atoms with Gasteiger partial charge >= 0.3 is 0 Å². The number of rotatable bonds is 7. The standard InChI is InChI=1S/C20H28N4O2/c1-3-4-12-26-17-7-8-18(15(2)13-17)22-20(25)19-9-11-24(23-19)16-6-5-10-21-14-16/h7-9,11,13,16,21H,3-6,10,12,14H2,1-2H3,(H,22,25). The molecule has 6 heteroatoms. The minimum absolute atomic E-state index is 0.185. The molecule has 1 saturated heterocycles. The van der Waals surface area contributed by atoms with Crippen molar-refractivity contribution < 1.29 is 9.53 Å². The number of carbonyl (C=O) groups is 1. The Morgan fingerprint density at radius 3 is 3.04 bits per heavy atom. The Morgan fingerprint density at radius 1 is 1.42 bits per heavy atom. The Bertz CT molecular complexity index is 735. The Hall–Kier alpha value is -2.34. The van der Waals surface area contributed by atoms with Gasteiger partial charge < -0.3 is 15.4 Å². The molecule has 3 rings (SSSR count). The lowest BCUT2D eigenvalue weighted by atomic mass is 10.1. The number of carbonyl (C=O) groups excluding carboxylic acids is 1. The van der Waals surface area contributed by atoms with E-state index in [1.165, 1.54) is 0 Å². The van der Waals surface area contributed by atoms with Crippen LogP contribution < -0.4 is 15.4 Å². The number of aryl methyl sites for hydroxylation is 1. The predicted octanol–water partition coefficient (Wildman–Crippen LogP) is 3.55. The van der Waals surface area contributed by atoms with Gasteiger partial charge in [-0.2, -0.15) is 5.10 Å². The number of amides is 1. The monoisotopic (exact) mass is 356 g/mol. The van der Waals surface area contributed by atoms with Crippen molar-refractivity contribution in [3.8, 4) is 5.75 Å². The van der Waals surface area contributed by atoms with Gasteiger partial charge in [-0.15, -0.1) is 0 Å². The molecule has 1 aliphatic heterocycles. The molecular formula is C20H28N4O2. The fourth-order valence-corrected chi connectivity index (χ4v) is 3.11. The van der Waals surface area contributed by atoms with Gasteiger partial charge in [-0.05, 0) is 62.6 Å². The second-order valence-corrected chi connectivity index (χ2v) is 6.81. The summed E-state index contributed by atoms with van der Waals surface area (Å²) in [4.78, 5) is 12.5. The van der Waals surface area contributed by atoms with Gasteiger partial charge in [0.2, 0.25) is 0 Å². The summed E-state index contributed by atoms with van der Waals surface area (Å²) in [7, 11) is 0. The van der Waals surface area contributed by atoms with Crippen LogP contribution in [0.25, 0.3) is 0 Å². The summed E-state index contributed by atoms with van der Waals surface area (Å²) in [5.74, 6) is 0.651. The number of anilines is 1. The number of benzene rings is 1. The Balaban J connectivity index is 1.61. The lowest BCUT2D eigenvalue weighted by Gasteiger charge is -2.22. The summed E-state index contributed by atoms with van der Waals surface area (Å²) in [5.41, 5.74) is 2.20. The highest BCUT2D eigenvalue weighted by Gasteiger charge is 2.18. The molecular weight excluding hydrogens is 328 g/mol. The highest BCUT2D eigenvalue weighted by atomic mass is 16.5. The molecule has 1 atom stereocenters. The molecule has 1 fully saturated rings. The van der Waals surface area contributed by atoms with E-state index in [2.05, 4.69) is 22.7 Å². The summed E-state index contributed by atoms with van der Waals surface area (Å²) in [6, 6.07) is 7.84. The first-order valence-corrected chi connectivity index (χ1v) is 9.48. The predicted molar refractivity (Wildman–Crippen MR) is 103 cm³/mol. The molecule has 1 aliphatic rings. The summed E-state index contributed by atoms with van der Waals surface area (Å²) >= 11 is 0. The summed E-state index contributed by atoms with van der Waals surface area (Å²) in [5, 5.41) is 10.8. The maximum absolute atomic E-state index is 12.5. The average Bonchev–Trinajstić information content (AvgIpc) is 3.15. The van der Waals surface area contributed by atoms with Crippen molar-refractivity contribution in [1.29, 1.82) is 0 Å². The van der Waals surface area contributed by atoms with Crippen LogP contribution in [0.5, 0.6) is 5.75 Å². The zero-order valence-electron chi connectivity index (χ0n) is 15.6. The molecule has 0 bridgehead atoms. The quantitative estimate of drug-likeness (QED) is 0.745. The first-order valence-electron chi connectivity index (χ1n) is 9.48. The van der Waals surface area contributed by atoms with E-state index in [1.54, 1.807) is 6.07 Å². The van der Waals surface area contributed by atoms with Gasteiger partial charge in [-0.25, -0.2) is 0 Å². The van der Waals surface area contributed by atoms with Gasteiger partial charge in [0.1, 0.15) is 5.75 Å². The smallest absolute Gasteiger partial charge is 0.276 e. The molecule has 6 nitrogen and oxygen atoms in total. The van der Waals surface area contributed by atoms with Crippen LogP contribution in [0.2, 0.25) is 0 Å². The number of nitrogens with zero attached hydrogens (tertiary/aromatic N) is 2. The van der Waals surface area contributed by atoms with E-state index in [1.807, 2.05) is 36.0 Å². The topological polar surface area (TPSA) is 68.2 Å². The van der Waals surface area contributed by atoms with Crippen LogP contribution in [0.4, 0.5) is 5.69 Å². The number of aromatic nitrogens is 2. The van der Waals surface area contributed by atoms with Crippen LogP contribution in [0, 0.1) is 6.92 Å². The van der Waals surface area contributed by atoms with Crippen molar-refractivity contribution in [3.05, 3.63) is 41.7 Å². The van der Waals surface area contributed by atoms with Crippen molar-refractivity contribution in [2.45, 2.75) is 45.6 Å². The van der Waals surface area contributed by atoms with E-state index in [-0.39, 0.29) is 5.91 Å². The SMILES string of the molecule is CCCCOc1ccc(NC(=O)c2ccn(C3CCCNC3)n2)c(C)c1. The van der Waals surface area contributed by atoms with Gasteiger partial charge in [-0.3, -0.25) is 9.48 Å². The van der Waals surface area contributed by atoms with E-state index >= 15 is 0 Å². The number of hydrogen-bond acceptors (Lipinski definition) is 4. The van der Waals surface area contributed by atoms with Crippen LogP contribution in [-0.4, -0.2) is 35.4 Å². The molecule has 26 heavy (non-hydrogen) atoms. The molecule has 2 aromatic rings. The number of unbranched alkanes of at least 4 members (excludes halogenated alkanes) is 1. The Kier molecular flexibility index (Phi) is 6.28. The van der Waals surface area contributed by atoms with Crippen LogP contribution in [0.15, 0.2) is 30.5 Å². The molecule has 0 radical (unpaired) electrons. The third-order valence-corrected chi connectivity index (χ3v) is 4.70. The zero-order valence-corrected chi connectivity index (χ0v) is 15.6. The van der Waals surface area contributed by atoms with Gasteiger partial charge in [-0.1, -0.05) is 13.3 Å². The molecule has 2 N–H and O–H groups in total. The van der Waals surface area contributed by atoms with E-state index < -0.39 is 0 Å². The third kappa shape index (κ3) is 4.64. The van der Waals surface area contributed by atoms with Crippen molar-refractivity contribution >= 4 is 11.6 Å². The molecule has 1 amide bonds. The second-order valence-electron chi connectivity index (χ2n) is 6.81. The second kappa shape index (κ2) is 8.85. The first kappa shape index (κ1) is 18.5. The number of ether oxygens (including phenoxy) is 1. The van der Waals surface area contributed by atoms with E-state index in [4.69, 9.17) is 4.74 Å². The Labute approximate surface area is 154 Å². The minimum Gasteiger partial charge on any atom is -0.494 e. The molecule has 0 saturated carbocycles. The minimum atomic E-state index is -0.185. The van der Waals surface area contributed by atoms with Crippen LogP contribution in [-0.2, 0) is 0 Å². The fraction of sp³-hybridized carbons (Fsp3) is 0.500. The van der Waals surface area contributed by atoms with Crippen molar-refractivity contribution in [2.24, 2.45) is 0 Å². The highest BCUT2D eigenvalue weighted by Crippen LogP contribution is 2.22. The summed E-state index contributed by atoms with van der Waals surface area (Å²) < 4.78 is 7.61. The highest BCUT2D eigenvalue weighted by molar-refractivity contribution is 6.03. The van der Waals surface area contributed by atoms with Gasteiger partial charge in [0, 0.05) is 18.4 Å². The molecule has 1 aromatic carbocycles. The lowest BCUT2D eigenvalue weighted by molar-refractivity contribution is 0.102. The zero-order chi connectivity index (χ0) is 18.4. The van der Waals surface area contributed by atoms with Gasteiger partial charge in [0.05, 0.1) is 12.6 Å². The molecule has 1 unspecified atom stereocenters. The lowest BCUT2D eigenvalue weighted by Crippen LogP contribution is -2.32. The van der Waals surface area contributed by atoms with Crippen molar-refractivity contribution in [1.82, 2.24) is 15.1 Å². The number of piperidine rings is 1. The summed E-state index contributed by atoms with van der Waals surface area (Å²) in [6.07, 6.45) is 6.27. The van der Waals surface area contributed by atoms with Crippen LogP contribution in [0.3, 0.4) is 0 Å². The first-order chi connectivity index (χ1) is 12.7. The van der Waals surface area contributed by atoms with Crippen molar-refractivity contribution in [3.63, 3.8) is 0 Å². The molecule has 140 valence electrons. The normalized spacial score (nSPS) is 17.1. The average molecular weight is 356 g/mol. The molecule has 0 aliphatic carbocycles. The third-order valence-electron chi connectivity index (χ3n) is 4.70. The van der Waals surface area contributed by atoms with Gasteiger partial charge in [0.25, 0.3) is 5.91 Å². The largest absolute Gasteiger partial charge is 0.494 e.